The Labute approximate surface area is 177 Å². The minimum Gasteiger partial charge on any atom is -0.339 e. The van der Waals surface area contributed by atoms with Gasteiger partial charge in [-0.1, -0.05) is 47.5 Å². The van der Waals surface area contributed by atoms with Crippen molar-refractivity contribution in [1.29, 1.82) is 0 Å². The van der Waals surface area contributed by atoms with Gasteiger partial charge in [0.1, 0.15) is 0 Å². The first-order chi connectivity index (χ1) is 13.8. The fourth-order valence-corrected chi connectivity index (χ4v) is 5.20. The molecule has 2 aromatic carbocycles. The first-order valence-electron chi connectivity index (χ1n) is 9.58. The summed E-state index contributed by atoms with van der Waals surface area (Å²) < 4.78 is 28.2. The van der Waals surface area contributed by atoms with Gasteiger partial charge in [0.25, 0.3) is 0 Å². The maximum atomic E-state index is 13.5. The van der Waals surface area contributed by atoms with Crippen LogP contribution in [0.4, 0.5) is 0 Å². The fourth-order valence-electron chi connectivity index (χ4n) is 3.44. The highest BCUT2D eigenvalue weighted by atomic mass is 35.5. The molecule has 0 spiro atoms. The summed E-state index contributed by atoms with van der Waals surface area (Å²) in [6.07, 6.45) is 0. The molecule has 3 rings (SSSR count). The van der Waals surface area contributed by atoms with Crippen molar-refractivity contribution in [3.8, 4) is 0 Å². The van der Waals surface area contributed by atoms with E-state index in [4.69, 9.17) is 11.6 Å². The Kier molecular flexibility index (Phi) is 6.95. The van der Waals surface area contributed by atoms with Gasteiger partial charge in [-0.2, -0.15) is 4.31 Å². The Morgan fingerprint density at radius 2 is 1.83 bits per heavy atom. The summed E-state index contributed by atoms with van der Waals surface area (Å²) in [5, 5.41) is 3.67. The molecule has 1 aliphatic heterocycles. The van der Waals surface area contributed by atoms with Crippen LogP contribution in [0.5, 0.6) is 0 Å². The van der Waals surface area contributed by atoms with Crippen molar-refractivity contribution in [2.75, 3.05) is 32.7 Å². The Balaban J connectivity index is 1.94. The van der Waals surface area contributed by atoms with Crippen LogP contribution in [0.3, 0.4) is 0 Å². The smallest absolute Gasteiger partial charge is 0.244 e. The first-order valence-corrected chi connectivity index (χ1v) is 11.4. The van der Waals surface area contributed by atoms with E-state index < -0.39 is 10.0 Å². The minimum atomic E-state index is -3.89. The molecule has 156 valence electrons. The number of carbonyl (C=O) groups is 1. The predicted molar refractivity (Wildman–Crippen MR) is 114 cm³/mol. The van der Waals surface area contributed by atoms with Crippen LogP contribution in [0.1, 0.15) is 16.7 Å². The van der Waals surface area contributed by atoms with Crippen LogP contribution in [-0.2, 0) is 21.4 Å². The van der Waals surface area contributed by atoms with E-state index in [9.17, 15) is 13.2 Å². The lowest BCUT2D eigenvalue weighted by atomic mass is 10.2. The number of halogens is 1. The van der Waals surface area contributed by atoms with Crippen molar-refractivity contribution in [3.63, 3.8) is 0 Å². The van der Waals surface area contributed by atoms with E-state index in [-0.39, 0.29) is 23.9 Å². The highest BCUT2D eigenvalue weighted by Gasteiger charge is 2.30. The molecule has 0 unspecified atom stereocenters. The Bertz CT molecular complexity index is 988. The van der Waals surface area contributed by atoms with Crippen molar-refractivity contribution in [1.82, 2.24) is 14.5 Å². The zero-order chi connectivity index (χ0) is 21.0. The second-order valence-electron chi connectivity index (χ2n) is 7.26. The minimum absolute atomic E-state index is 0.0349. The molecular weight excluding hydrogens is 410 g/mol. The van der Waals surface area contributed by atoms with Crippen LogP contribution in [0.15, 0.2) is 47.4 Å². The van der Waals surface area contributed by atoms with Crippen molar-refractivity contribution in [3.05, 3.63) is 64.2 Å². The number of carbonyl (C=O) groups excluding carboxylic acids is 1. The number of piperazine rings is 1. The van der Waals surface area contributed by atoms with Crippen LogP contribution in [0.2, 0.25) is 5.02 Å². The standard InChI is InChI=1S/C21H26ClN3O3S/c1-16-7-8-20(17(2)13-16)29(27,28)25(14-18-5-3-4-6-19(18)22)15-21(26)24-11-9-23-10-12-24/h3-8,13,23H,9-12,14-15H2,1-2H3. The number of sulfonamides is 1. The van der Waals surface area contributed by atoms with E-state index >= 15 is 0 Å². The van der Waals surface area contributed by atoms with Gasteiger partial charge in [-0.05, 0) is 37.1 Å². The number of aryl methyl sites for hydroxylation is 2. The van der Waals surface area contributed by atoms with Crippen molar-refractivity contribution >= 4 is 27.5 Å². The van der Waals surface area contributed by atoms with Crippen LogP contribution in [0, 0.1) is 13.8 Å². The van der Waals surface area contributed by atoms with Crippen LogP contribution < -0.4 is 5.32 Å². The Hall–Kier alpha value is -1.93. The lowest BCUT2D eigenvalue weighted by Crippen LogP contribution is -2.50. The number of rotatable bonds is 6. The molecule has 0 aromatic heterocycles. The number of hydrogen-bond donors (Lipinski definition) is 1. The quantitative estimate of drug-likeness (QED) is 0.757. The van der Waals surface area contributed by atoms with E-state index in [1.54, 1.807) is 48.2 Å². The molecule has 1 heterocycles. The van der Waals surface area contributed by atoms with Gasteiger partial charge >= 0.3 is 0 Å². The second kappa shape index (κ2) is 9.26. The van der Waals surface area contributed by atoms with Gasteiger partial charge in [-0.3, -0.25) is 4.79 Å². The SMILES string of the molecule is Cc1ccc(S(=O)(=O)N(CC(=O)N2CCNCC2)Cc2ccccc2Cl)c(C)c1. The van der Waals surface area contributed by atoms with Crippen LogP contribution in [-0.4, -0.2) is 56.3 Å². The normalized spacial score (nSPS) is 15.0. The average molecular weight is 436 g/mol. The van der Waals surface area contributed by atoms with E-state index in [0.29, 0.717) is 42.3 Å². The molecule has 1 saturated heterocycles. The van der Waals surface area contributed by atoms with E-state index in [0.717, 1.165) is 5.56 Å². The molecule has 6 nitrogen and oxygen atoms in total. The predicted octanol–water partition coefficient (Wildman–Crippen LogP) is 2.58. The van der Waals surface area contributed by atoms with Gasteiger partial charge in [0.2, 0.25) is 15.9 Å². The highest BCUT2D eigenvalue weighted by molar-refractivity contribution is 7.89. The molecule has 29 heavy (non-hydrogen) atoms. The third-order valence-electron chi connectivity index (χ3n) is 5.03. The fraction of sp³-hybridized carbons (Fsp3) is 0.381. The number of nitrogens with zero attached hydrogens (tertiary/aromatic N) is 2. The summed E-state index contributed by atoms with van der Waals surface area (Å²) >= 11 is 6.28. The van der Waals surface area contributed by atoms with Crippen molar-refractivity contribution in [2.24, 2.45) is 0 Å². The molecule has 1 N–H and O–H groups in total. The topological polar surface area (TPSA) is 69.7 Å². The summed E-state index contributed by atoms with van der Waals surface area (Å²) in [6.45, 7) is 6.06. The van der Waals surface area contributed by atoms with Gasteiger partial charge in [0, 0.05) is 37.7 Å². The lowest BCUT2D eigenvalue weighted by molar-refractivity contribution is -0.132. The molecule has 0 atom stereocenters. The lowest BCUT2D eigenvalue weighted by Gasteiger charge is -2.30. The van der Waals surface area contributed by atoms with Gasteiger partial charge in [-0.15, -0.1) is 0 Å². The van der Waals surface area contributed by atoms with Crippen LogP contribution >= 0.6 is 11.6 Å². The van der Waals surface area contributed by atoms with Gasteiger partial charge in [-0.25, -0.2) is 8.42 Å². The average Bonchev–Trinajstić information content (AvgIpc) is 2.69. The maximum absolute atomic E-state index is 13.5. The highest BCUT2D eigenvalue weighted by Crippen LogP contribution is 2.25. The molecule has 0 radical (unpaired) electrons. The molecule has 0 bridgehead atoms. The molecule has 0 saturated carbocycles. The van der Waals surface area contributed by atoms with Crippen molar-refractivity contribution < 1.29 is 13.2 Å². The summed E-state index contributed by atoms with van der Waals surface area (Å²) in [5.41, 5.74) is 2.30. The summed E-state index contributed by atoms with van der Waals surface area (Å²) in [7, 11) is -3.89. The van der Waals surface area contributed by atoms with Gasteiger partial charge < -0.3 is 10.2 Å². The van der Waals surface area contributed by atoms with E-state index in [1.807, 2.05) is 13.0 Å². The molecule has 8 heteroatoms. The van der Waals surface area contributed by atoms with Crippen molar-refractivity contribution in [2.45, 2.75) is 25.3 Å². The number of amides is 1. The first kappa shape index (κ1) is 21.8. The van der Waals surface area contributed by atoms with Gasteiger partial charge in [0.15, 0.2) is 0 Å². The molecular formula is C21H26ClN3O3S. The summed E-state index contributed by atoms with van der Waals surface area (Å²) in [6, 6.07) is 12.3. The summed E-state index contributed by atoms with van der Waals surface area (Å²) in [4.78, 5) is 14.8. The monoisotopic (exact) mass is 435 g/mol. The van der Waals surface area contributed by atoms with Crippen LogP contribution in [0.25, 0.3) is 0 Å². The molecule has 1 fully saturated rings. The molecule has 1 amide bonds. The molecule has 2 aromatic rings. The maximum Gasteiger partial charge on any atom is 0.244 e. The summed E-state index contributed by atoms with van der Waals surface area (Å²) in [5.74, 6) is -0.202. The largest absolute Gasteiger partial charge is 0.339 e. The number of hydrogen-bond acceptors (Lipinski definition) is 4. The third kappa shape index (κ3) is 5.17. The van der Waals surface area contributed by atoms with Gasteiger partial charge in [0.05, 0.1) is 11.4 Å². The van der Waals surface area contributed by atoms with E-state index in [1.165, 1.54) is 4.31 Å². The van der Waals surface area contributed by atoms with E-state index in [2.05, 4.69) is 5.32 Å². The molecule has 1 aliphatic rings. The Morgan fingerprint density at radius 3 is 2.48 bits per heavy atom. The Morgan fingerprint density at radius 1 is 1.14 bits per heavy atom. The number of nitrogens with one attached hydrogen (secondary N) is 1. The zero-order valence-corrected chi connectivity index (χ0v) is 18.3. The zero-order valence-electron chi connectivity index (χ0n) is 16.7. The second-order valence-corrected chi connectivity index (χ2v) is 9.58. The third-order valence-corrected chi connectivity index (χ3v) is 7.35. The number of benzene rings is 2. The molecule has 0 aliphatic carbocycles.